The summed E-state index contributed by atoms with van der Waals surface area (Å²) in [5.41, 5.74) is 2.24. The van der Waals surface area contributed by atoms with E-state index in [1.54, 1.807) is 12.4 Å². The highest BCUT2D eigenvalue weighted by Crippen LogP contribution is 2.16. The molecular formula is C15H13BrN4. The Hall–Kier alpha value is -2.14. The van der Waals surface area contributed by atoms with Gasteiger partial charge in [-0.05, 0) is 45.8 Å². The molecule has 4 nitrogen and oxygen atoms in total. The number of rotatable bonds is 4. The van der Waals surface area contributed by atoms with Gasteiger partial charge in [-0.15, -0.1) is 0 Å². The summed E-state index contributed by atoms with van der Waals surface area (Å²) >= 11 is 3.38. The average molecular weight is 329 g/mol. The molecule has 0 bridgehead atoms. The molecule has 0 radical (unpaired) electrons. The number of anilines is 1. The number of hydrogen-bond donors (Lipinski definition) is 1. The van der Waals surface area contributed by atoms with Gasteiger partial charge < -0.3 is 5.32 Å². The van der Waals surface area contributed by atoms with Gasteiger partial charge in [-0.2, -0.15) is 5.10 Å². The molecule has 5 heteroatoms. The van der Waals surface area contributed by atoms with Crippen LogP contribution in [0.1, 0.15) is 5.56 Å². The molecule has 1 N–H and O–H groups in total. The molecular weight excluding hydrogens is 316 g/mol. The fraction of sp³-hybridized carbons (Fsp3) is 0.0667. The fourth-order valence-corrected chi connectivity index (χ4v) is 2.20. The molecule has 2 aromatic heterocycles. The van der Waals surface area contributed by atoms with E-state index in [1.165, 1.54) is 5.56 Å². The summed E-state index contributed by atoms with van der Waals surface area (Å²) in [6.07, 6.45) is 5.50. The summed E-state index contributed by atoms with van der Waals surface area (Å²) in [6, 6.07) is 14.0. The zero-order valence-electron chi connectivity index (χ0n) is 10.7. The zero-order valence-corrected chi connectivity index (χ0v) is 12.3. The SMILES string of the molecule is Brc1ccc(NCc2ccccc2-n2cccn2)nc1. The van der Waals surface area contributed by atoms with E-state index in [-0.39, 0.29) is 0 Å². The molecule has 0 saturated heterocycles. The van der Waals surface area contributed by atoms with Crippen molar-refractivity contribution in [2.45, 2.75) is 6.54 Å². The van der Waals surface area contributed by atoms with E-state index in [1.807, 2.05) is 41.2 Å². The number of aromatic nitrogens is 3. The van der Waals surface area contributed by atoms with Crippen LogP contribution >= 0.6 is 15.9 Å². The summed E-state index contributed by atoms with van der Waals surface area (Å²) in [5.74, 6) is 0.850. The normalized spacial score (nSPS) is 10.4. The molecule has 20 heavy (non-hydrogen) atoms. The van der Waals surface area contributed by atoms with E-state index in [0.29, 0.717) is 6.54 Å². The first-order valence-electron chi connectivity index (χ1n) is 6.26. The molecule has 0 saturated carbocycles. The van der Waals surface area contributed by atoms with Gasteiger partial charge in [-0.25, -0.2) is 9.67 Å². The van der Waals surface area contributed by atoms with Crippen molar-refractivity contribution < 1.29 is 0 Å². The Bertz CT molecular complexity index is 677. The van der Waals surface area contributed by atoms with Crippen LogP contribution in [0, 0.1) is 0 Å². The molecule has 0 unspecified atom stereocenters. The van der Waals surface area contributed by atoms with Gasteiger partial charge in [-0.1, -0.05) is 18.2 Å². The standard InChI is InChI=1S/C15H13BrN4/c16-13-6-7-15(18-11-13)17-10-12-4-1-2-5-14(12)20-9-3-8-19-20/h1-9,11H,10H2,(H,17,18). The lowest BCUT2D eigenvalue weighted by molar-refractivity contribution is 0.863. The van der Waals surface area contributed by atoms with Gasteiger partial charge in [0, 0.05) is 29.6 Å². The molecule has 3 rings (SSSR count). The Balaban J connectivity index is 1.79. The van der Waals surface area contributed by atoms with Crippen LogP contribution in [0.4, 0.5) is 5.82 Å². The summed E-state index contributed by atoms with van der Waals surface area (Å²) in [7, 11) is 0. The lowest BCUT2D eigenvalue weighted by Crippen LogP contribution is -2.06. The van der Waals surface area contributed by atoms with Crippen molar-refractivity contribution in [2.75, 3.05) is 5.32 Å². The van der Waals surface area contributed by atoms with E-state index in [2.05, 4.69) is 43.5 Å². The topological polar surface area (TPSA) is 42.7 Å². The largest absolute Gasteiger partial charge is 0.366 e. The Labute approximate surface area is 125 Å². The number of halogens is 1. The maximum Gasteiger partial charge on any atom is 0.126 e. The van der Waals surface area contributed by atoms with Crippen LogP contribution in [0.2, 0.25) is 0 Å². The molecule has 0 spiro atoms. The second kappa shape index (κ2) is 5.88. The van der Waals surface area contributed by atoms with Gasteiger partial charge in [0.05, 0.1) is 5.69 Å². The summed E-state index contributed by atoms with van der Waals surface area (Å²) in [4.78, 5) is 4.31. The van der Waals surface area contributed by atoms with Gasteiger partial charge >= 0.3 is 0 Å². The molecule has 0 fully saturated rings. The van der Waals surface area contributed by atoms with E-state index in [0.717, 1.165) is 16.0 Å². The minimum absolute atomic E-state index is 0.699. The van der Waals surface area contributed by atoms with Crippen molar-refractivity contribution >= 4 is 21.7 Å². The molecule has 0 atom stereocenters. The molecule has 100 valence electrons. The average Bonchev–Trinajstić information content (AvgIpc) is 3.01. The lowest BCUT2D eigenvalue weighted by atomic mass is 10.2. The minimum atomic E-state index is 0.699. The van der Waals surface area contributed by atoms with Crippen LogP contribution in [0.25, 0.3) is 5.69 Å². The monoisotopic (exact) mass is 328 g/mol. The van der Waals surface area contributed by atoms with Crippen LogP contribution < -0.4 is 5.32 Å². The summed E-state index contributed by atoms with van der Waals surface area (Å²) < 4.78 is 2.84. The van der Waals surface area contributed by atoms with Gasteiger partial charge in [0.2, 0.25) is 0 Å². The van der Waals surface area contributed by atoms with E-state index >= 15 is 0 Å². The highest BCUT2D eigenvalue weighted by molar-refractivity contribution is 9.10. The number of hydrogen-bond acceptors (Lipinski definition) is 3. The van der Waals surface area contributed by atoms with Gasteiger partial charge in [0.15, 0.2) is 0 Å². The highest BCUT2D eigenvalue weighted by atomic mass is 79.9. The molecule has 0 aliphatic rings. The Morgan fingerprint density at radius 2 is 2.00 bits per heavy atom. The molecule has 0 aliphatic heterocycles. The van der Waals surface area contributed by atoms with E-state index in [4.69, 9.17) is 0 Å². The van der Waals surface area contributed by atoms with Crippen molar-refractivity contribution in [2.24, 2.45) is 0 Å². The quantitative estimate of drug-likeness (QED) is 0.795. The Morgan fingerprint density at radius 1 is 1.10 bits per heavy atom. The number of para-hydroxylation sites is 1. The maximum atomic E-state index is 4.31. The lowest BCUT2D eigenvalue weighted by Gasteiger charge is -2.11. The van der Waals surface area contributed by atoms with Crippen molar-refractivity contribution in [3.63, 3.8) is 0 Å². The molecule has 3 aromatic rings. The smallest absolute Gasteiger partial charge is 0.126 e. The van der Waals surface area contributed by atoms with Crippen LogP contribution in [0.3, 0.4) is 0 Å². The van der Waals surface area contributed by atoms with Gasteiger partial charge in [0.1, 0.15) is 5.82 Å². The molecule has 0 aliphatic carbocycles. The fourth-order valence-electron chi connectivity index (χ4n) is 1.96. The third-order valence-electron chi connectivity index (χ3n) is 2.93. The number of nitrogens with zero attached hydrogens (tertiary/aromatic N) is 3. The van der Waals surface area contributed by atoms with Crippen LogP contribution in [0.5, 0.6) is 0 Å². The summed E-state index contributed by atoms with van der Waals surface area (Å²) in [6.45, 7) is 0.699. The van der Waals surface area contributed by atoms with Crippen LogP contribution in [-0.2, 0) is 6.54 Å². The van der Waals surface area contributed by atoms with E-state index < -0.39 is 0 Å². The zero-order chi connectivity index (χ0) is 13.8. The van der Waals surface area contributed by atoms with Gasteiger partial charge in [-0.3, -0.25) is 0 Å². The first kappa shape index (κ1) is 12.9. The Morgan fingerprint density at radius 3 is 2.75 bits per heavy atom. The molecule has 2 heterocycles. The van der Waals surface area contributed by atoms with Crippen molar-refractivity contribution in [3.8, 4) is 5.69 Å². The Kier molecular flexibility index (Phi) is 3.78. The van der Waals surface area contributed by atoms with E-state index in [9.17, 15) is 0 Å². The predicted molar refractivity (Wildman–Crippen MR) is 82.8 cm³/mol. The number of nitrogens with one attached hydrogen (secondary N) is 1. The second-order valence-corrected chi connectivity index (χ2v) is 5.21. The molecule has 0 amide bonds. The maximum absolute atomic E-state index is 4.31. The van der Waals surface area contributed by atoms with Crippen LogP contribution in [0.15, 0.2) is 65.5 Å². The highest BCUT2D eigenvalue weighted by Gasteiger charge is 2.04. The van der Waals surface area contributed by atoms with Crippen molar-refractivity contribution in [3.05, 3.63) is 71.1 Å². The van der Waals surface area contributed by atoms with Gasteiger partial charge in [0.25, 0.3) is 0 Å². The third kappa shape index (κ3) is 2.88. The number of benzene rings is 1. The summed E-state index contributed by atoms with van der Waals surface area (Å²) in [5, 5.41) is 7.60. The second-order valence-electron chi connectivity index (χ2n) is 4.29. The first-order chi connectivity index (χ1) is 9.83. The third-order valence-corrected chi connectivity index (χ3v) is 3.40. The molecule has 1 aromatic carbocycles. The predicted octanol–water partition coefficient (Wildman–Crippen LogP) is 3.64. The first-order valence-corrected chi connectivity index (χ1v) is 7.05. The van der Waals surface area contributed by atoms with Crippen LogP contribution in [-0.4, -0.2) is 14.8 Å². The minimum Gasteiger partial charge on any atom is -0.366 e. The number of pyridine rings is 1. The van der Waals surface area contributed by atoms with Crippen molar-refractivity contribution in [1.29, 1.82) is 0 Å². The van der Waals surface area contributed by atoms with Crippen molar-refractivity contribution in [1.82, 2.24) is 14.8 Å².